The largest absolute Gasteiger partial charge is 0.352 e. The summed E-state index contributed by atoms with van der Waals surface area (Å²) in [5.41, 5.74) is 3.45. The lowest BCUT2D eigenvalue weighted by molar-refractivity contribution is 0.0746. The fraction of sp³-hybridized carbons (Fsp3) is 0.281. The molecule has 3 aromatic carbocycles. The van der Waals surface area contributed by atoms with Crippen LogP contribution in [0.15, 0.2) is 72.8 Å². The van der Waals surface area contributed by atoms with Gasteiger partial charge in [-0.3, -0.25) is 4.79 Å². The molecule has 190 valence electrons. The Balaban J connectivity index is 1.17. The minimum atomic E-state index is 0.112. The molecule has 3 heterocycles. The van der Waals surface area contributed by atoms with Crippen LogP contribution in [0.25, 0.3) is 21.0 Å². The van der Waals surface area contributed by atoms with Crippen molar-refractivity contribution in [3.63, 3.8) is 0 Å². The van der Waals surface area contributed by atoms with Gasteiger partial charge in [0.25, 0.3) is 5.91 Å². The van der Waals surface area contributed by atoms with E-state index in [-0.39, 0.29) is 5.91 Å². The number of aromatic nitrogens is 2. The Morgan fingerprint density at radius 1 is 0.816 bits per heavy atom. The van der Waals surface area contributed by atoms with E-state index in [2.05, 4.69) is 41.3 Å². The molecular weight excluding hydrogens is 488 g/mol. The molecule has 5 aromatic rings. The van der Waals surface area contributed by atoms with Gasteiger partial charge in [-0.05, 0) is 59.7 Å². The molecule has 2 aliphatic rings. The third kappa shape index (κ3) is 4.33. The Kier molecular flexibility index (Phi) is 6.05. The molecule has 5 nitrogen and oxygen atoms in total. The molecule has 1 amide bonds. The van der Waals surface area contributed by atoms with Gasteiger partial charge in [0.15, 0.2) is 0 Å². The maximum atomic E-state index is 13.4. The molecule has 1 aliphatic heterocycles. The first kappa shape index (κ1) is 23.4. The van der Waals surface area contributed by atoms with Crippen LogP contribution in [0.5, 0.6) is 0 Å². The summed E-state index contributed by atoms with van der Waals surface area (Å²) in [6.07, 6.45) is 5.49. The highest BCUT2D eigenvalue weighted by molar-refractivity contribution is 7.19. The zero-order valence-electron chi connectivity index (χ0n) is 21.4. The van der Waals surface area contributed by atoms with Crippen molar-refractivity contribution in [2.45, 2.75) is 32.1 Å². The number of aryl methyl sites for hydroxylation is 2. The van der Waals surface area contributed by atoms with Gasteiger partial charge >= 0.3 is 0 Å². The highest BCUT2D eigenvalue weighted by Crippen LogP contribution is 2.40. The molecule has 0 N–H and O–H groups in total. The van der Waals surface area contributed by atoms with Crippen molar-refractivity contribution in [2.24, 2.45) is 0 Å². The average Bonchev–Trinajstić information content (AvgIpc) is 3.35. The number of hydrogen-bond donors (Lipinski definition) is 0. The lowest BCUT2D eigenvalue weighted by Gasteiger charge is -2.36. The Morgan fingerprint density at radius 2 is 1.58 bits per heavy atom. The molecule has 0 atom stereocenters. The van der Waals surface area contributed by atoms with E-state index in [0.717, 1.165) is 65.2 Å². The molecule has 6 heteroatoms. The number of carbonyl (C=O) groups excluding carboxylic acids is 1. The molecule has 38 heavy (non-hydrogen) atoms. The number of carbonyl (C=O) groups is 1. The lowest BCUT2D eigenvalue weighted by Crippen LogP contribution is -2.49. The smallest absolute Gasteiger partial charge is 0.253 e. The van der Waals surface area contributed by atoms with Crippen molar-refractivity contribution >= 4 is 44.1 Å². The molecule has 0 spiro atoms. The van der Waals surface area contributed by atoms with E-state index in [1.807, 2.05) is 52.6 Å². The number of benzene rings is 3. The molecule has 0 unspecified atom stereocenters. The van der Waals surface area contributed by atoms with E-state index in [9.17, 15) is 4.79 Å². The Bertz CT molecular complexity index is 1640. The number of thiophene rings is 1. The summed E-state index contributed by atoms with van der Waals surface area (Å²) in [6.45, 7) is 2.94. The van der Waals surface area contributed by atoms with Gasteiger partial charge in [-0.25, -0.2) is 9.97 Å². The van der Waals surface area contributed by atoms with Crippen LogP contribution in [-0.2, 0) is 19.3 Å². The van der Waals surface area contributed by atoms with Crippen LogP contribution in [0, 0.1) is 0 Å². The first-order valence-electron chi connectivity index (χ1n) is 13.6. The fourth-order valence-electron chi connectivity index (χ4n) is 5.89. The predicted octanol–water partition coefficient (Wildman–Crippen LogP) is 6.28. The van der Waals surface area contributed by atoms with Crippen molar-refractivity contribution in [3.8, 4) is 0 Å². The Hall–Kier alpha value is -3.77. The molecule has 0 radical (unpaired) electrons. The van der Waals surface area contributed by atoms with Crippen molar-refractivity contribution in [1.29, 1.82) is 0 Å². The summed E-state index contributed by atoms with van der Waals surface area (Å²) in [6, 6.07) is 24.7. The van der Waals surface area contributed by atoms with Crippen LogP contribution in [-0.4, -0.2) is 47.0 Å². The topological polar surface area (TPSA) is 49.3 Å². The van der Waals surface area contributed by atoms with Gasteiger partial charge in [-0.2, -0.15) is 0 Å². The molecule has 0 bridgehead atoms. The number of fused-ring (bicyclic) bond motifs is 4. The number of nitrogens with zero attached hydrogens (tertiary/aromatic N) is 4. The van der Waals surface area contributed by atoms with Crippen LogP contribution >= 0.6 is 11.3 Å². The zero-order valence-corrected chi connectivity index (χ0v) is 22.2. The number of hydrogen-bond acceptors (Lipinski definition) is 5. The van der Waals surface area contributed by atoms with Crippen molar-refractivity contribution in [1.82, 2.24) is 14.9 Å². The fourth-order valence-corrected chi connectivity index (χ4v) is 7.17. The van der Waals surface area contributed by atoms with Gasteiger partial charge in [0.1, 0.15) is 16.5 Å². The van der Waals surface area contributed by atoms with E-state index in [1.165, 1.54) is 34.2 Å². The van der Waals surface area contributed by atoms with Gasteiger partial charge in [-0.1, -0.05) is 60.7 Å². The van der Waals surface area contributed by atoms with Gasteiger partial charge in [0, 0.05) is 43.0 Å². The van der Waals surface area contributed by atoms with Crippen molar-refractivity contribution in [2.75, 3.05) is 31.1 Å². The summed E-state index contributed by atoms with van der Waals surface area (Å²) < 4.78 is 0. The molecule has 0 saturated carbocycles. The summed E-state index contributed by atoms with van der Waals surface area (Å²) in [7, 11) is 0. The van der Waals surface area contributed by atoms with Crippen LogP contribution in [0.3, 0.4) is 0 Å². The summed E-state index contributed by atoms with van der Waals surface area (Å²) in [5.74, 6) is 2.06. The normalized spacial score (nSPS) is 15.7. The number of anilines is 1. The van der Waals surface area contributed by atoms with Gasteiger partial charge < -0.3 is 9.80 Å². The second-order valence-corrected chi connectivity index (χ2v) is 11.4. The first-order valence-corrected chi connectivity index (χ1v) is 14.4. The number of piperazine rings is 1. The zero-order chi connectivity index (χ0) is 25.5. The third-order valence-corrected chi connectivity index (χ3v) is 9.10. The second kappa shape index (κ2) is 9.84. The van der Waals surface area contributed by atoms with Crippen molar-refractivity contribution in [3.05, 3.63) is 100 Å². The van der Waals surface area contributed by atoms with Crippen LogP contribution in [0.4, 0.5) is 5.82 Å². The standard InChI is InChI=1S/C32H30N4OS/c37-32(25-15-14-23-10-4-5-11-24(23)21-25)36-18-16-35(17-19-36)30-29-26-12-6-7-13-27(26)38-31(29)34-28(33-30)20-22-8-2-1-3-9-22/h1-5,8-11,14-15,21H,6-7,12-13,16-20H2. The maximum Gasteiger partial charge on any atom is 0.253 e. The molecule has 1 aliphatic carbocycles. The predicted molar refractivity (Wildman–Crippen MR) is 155 cm³/mol. The van der Waals surface area contributed by atoms with E-state index < -0.39 is 0 Å². The van der Waals surface area contributed by atoms with Crippen molar-refractivity contribution < 1.29 is 4.79 Å². The summed E-state index contributed by atoms with van der Waals surface area (Å²) >= 11 is 1.86. The van der Waals surface area contributed by atoms with Crippen LogP contribution < -0.4 is 4.90 Å². The minimum Gasteiger partial charge on any atom is -0.352 e. The van der Waals surface area contributed by atoms with Gasteiger partial charge in [0.05, 0.1) is 5.39 Å². The average molecular weight is 519 g/mol. The highest BCUT2D eigenvalue weighted by atomic mass is 32.1. The minimum absolute atomic E-state index is 0.112. The quantitative estimate of drug-likeness (QED) is 0.281. The number of rotatable bonds is 4. The van der Waals surface area contributed by atoms with E-state index in [0.29, 0.717) is 13.1 Å². The number of amides is 1. The van der Waals surface area contributed by atoms with Gasteiger partial charge in [-0.15, -0.1) is 11.3 Å². The van der Waals surface area contributed by atoms with Crippen LogP contribution in [0.2, 0.25) is 0 Å². The van der Waals surface area contributed by atoms with E-state index in [4.69, 9.17) is 9.97 Å². The molecule has 7 rings (SSSR count). The maximum absolute atomic E-state index is 13.4. The van der Waals surface area contributed by atoms with E-state index in [1.54, 1.807) is 0 Å². The molecule has 2 aromatic heterocycles. The Morgan fingerprint density at radius 3 is 2.42 bits per heavy atom. The summed E-state index contributed by atoms with van der Waals surface area (Å²) in [5, 5.41) is 3.52. The summed E-state index contributed by atoms with van der Waals surface area (Å²) in [4.78, 5) is 30.6. The monoisotopic (exact) mass is 518 g/mol. The SMILES string of the molecule is O=C(c1ccc2ccccc2c1)N1CCN(c2nc(Cc3ccccc3)nc3sc4c(c23)CCCC4)CC1. The molecule has 1 saturated heterocycles. The Labute approximate surface area is 226 Å². The van der Waals surface area contributed by atoms with E-state index >= 15 is 0 Å². The highest BCUT2D eigenvalue weighted by Gasteiger charge is 2.28. The van der Waals surface area contributed by atoms with Gasteiger partial charge in [0.2, 0.25) is 0 Å². The molecular formula is C32H30N4OS. The van der Waals surface area contributed by atoms with Crippen LogP contribution in [0.1, 0.15) is 45.0 Å². The second-order valence-electron chi connectivity index (χ2n) is 10.4. The third-order valence-electron chi connectivity index (χ3n) is 7.91. The lowest BCUT2D eigenvalue weighted by atomic mass is 9.96. The molecule has 1 fully saturated rings. The first-order chi connectivity index (χ1) is 18.7.